The summed E-state index contributed by atoms with van der Waals surface area (Å²) in [6.45, 7) is 11.7. The standard InChI is InChI=1S/C17H34N2O2/c1-5-18-17(4,16(20)21-6-2)12-10-14-19-13-9-7-8-11-15(19)3/h15,18H,5-14H2,1-4H3. The summed E-state index contributed by atoms with van der Waals surface area (Å²) in [7, 11) is 0. The van der Waals surface area contributed by atoms with Gasteiger partial charge >= 0.3 is 5.97 Å². The van der Waals surface area contributed by atoms with Crippen LogP contribution in [-0.4, -0.2) is 48.7 Å². The second-order valence-electron chi connectivity index (χ2n) is 6.42. The molecule has 21 heavy (non-hydrogen) atoms. The minimum Gasteiger partial charge on any atom is -0.465 e. The molecule has 1 fully saturated rings. The lowest BCUT2D eigenvalue weighted by atomic mass is 9.95. The fraction of sp³-hybridized carbons (Fsp3) is 0.941. The molecular weight excluding hydrogens is 264 g/mol. The summed E-state index contributed by atoms with van der Waals surface area (Å²) in [4.78, 5) is 14.7. The molecule has 0 amide bonds. The van der Waals surface area contributed by atoms with E-state index in [2.05, 4.69) is 17.1 Å². The van der Waals surface area contributed by atoms with Crippen molar-refractivity contribution in [1.29, 1.82) is 0 Å². The van der Waals surface area contributed by atoms with Gasteiger partial charge in [-0.3, -0.25) is 4.79 Å². The van der Waals surface area contributed by atoms with Gasteiger partial charge in [-0.25, -0.2) is 0 Å². The van der Waals surface area contributed by atoms with E-state index in [4.69, 9.17) is 4.74 Å². The number of carbonyl (C=O) groups excluding carboxylic acids is 1. The van der Waals surface area contributed by atoms with Crippen LogP contribution in [0.15, 0.2) is 0 Å². The minimum absolute atomic E-state index is 0.115. The molecule has 1 rings (SSSR count). The summed E-state index contributed by atoms with van der Waals surface area (Å²) < 4.78 is 5.23. The van der Waals surface area contributed by atoms with Crippen LogP contribution < -0.4 is 5.32 Å². The van der Waals surface area contributed by atoms with Crippen LogP contribution in [0.25, 0.3) is 0 Å². The van der Waals surface area contributed by atoms with Gasteiger partial charge in [-0.05, 0) is 66.1 Å². The van der Waals surface area contributed by atoms with Gasteiger partial charge in [0, 0.05) is 6.04 Å². The van der Waals surface area contributed by atoms with Crippen molar-refractivity contribution in [2.45, 2.75) is 77.8 Å². The predicted molar refractivity (Wildman–Crippen MR) is 87.5 cm³/mol. The Bertz CT molecular complexity index is 309. The van der Waals surface area contributed by atoms with Crippen LogP contribution in [0, 0.1) is 0 Å². The van der Waals surface area contributed by atoms with Gasteiger partial charge in [-0.1, -0.05) is 19.8 Å². The largest absolute Gasteiger partial charge is 0.465 e. The van der Waals surface area contributed by atoms with Crippen LogP contribution in [0.4, 0.5) is 0 Å². The second kappa shape index (κ2) is 9.42. The highest BCUT2D eigenvalue weighted by Gasteiger charge is 2.33. The molecule has 4 nitrogen and oxygen atoms in total. The van der Waals surface area contributed by atoms with Gasteiger partial charge in [-0.15, -0.1) is 0 Å². The van der Waals surface area contributed by atoms with E-state index in [9.17, 15) is 4.79 Å². The number of nitrogens with zero attached hydrogens (tertiary/aromatic N) is 1. The first-order valence-electron chi connectivity index (χ1n) is 8.69. The molecule has 1 aliphatic rings. The Morgan fingerprint density at radius 3 is 2.76 bits per heavy atom. The van der Waals surface area contributed by atoms with Crippen LogP contribution in [0.1, 0.15) is 66.2 Å². The number of esters is 1. The zero-order chi connectivity index (χ0) is 15.7. The van der Waals surface area contributed by atoms with E-state index in [-0.39, 0.29) is 5.97 Å². The Hall–Kier alpha value is -0.610. The van der Waals surface area contributed by atoms with Crippen LogP contribution in [0.2, 0.25) is 0 Å². The number of hydrogen-bond donors (Lipinski definition) is 1. The van der Waals surface area contributed by atoms with Crippen molar-refractivity contribution < 1.29 is 9.53 Å². The zero-order valence-corrected chi connectivity index (χ0v) is 14.4. The number of carbonyl (C=O) groups is 1. The highest BCUT2D eigenvalue weighted by molar-refractivity contribution is 5.80. The quantitative estimate of drug-likeness (QED) is 0.700. The third-order valence-electron chi connectivity index (χ3n) is 4.61. The molecule has 0 aromatic carbocycles. The first-order chi connectivity index (χ1) is 10.0. The molecule has 124 valence electrons. The van der Waals surface area contributed by atoms with E-state index in [1.165, 1.54) is 32.2 Å². The van der Waals surface area contributed by atoms with E-state index in [1.54, 1.807) is 0 Å². The van der Waals surface area contributed by atoms with Gasteiger partial charge in [0.15, 0.2) is 0 Å². The Kier molecular flexibility index (Phi) is 8.27. The number of ether oxygens (including phenoxy) is 1. The normalized spacial score (nSPS) is 23.3. The maximum absolute atomic E-state index is 12.2. The zero-order valence-electron chi connectivity index (χ0n) is 14.4. The molecule has 1 aliphatic heterocycles. The summed E-state index contributed by atoms with van der Waals surface area (Å²) in [5, 5.41) is 3.31. The molecule has 0 radical (unpaired) electrons. The summed E-state index contributed by atoms with van der Waals surface area (Å²) in [6, 6.07) is 0.681. The average molecular weight is 298 g/mol. The molecule has 0 aromatic rings. The topological polar surface area (TPSA) is 41.6 Å². The second-order valence-corrected chi connectivity index (χ2v) is 6.42. The summed E-state index contributed by atoms with van der Waals surface area (Å²) >= 11 is 0. The number of likely N-dealkylation sites (tertiary alicyclic amines) is 1. The lowest BCUT2D eigenvalue weighted by Crippen LogP contribution is -2.51. The van der Waals surface area contributed by atoms with E-state index < -0.39 is 5.54 Å². The van der Waals surface area contributed by atoms with Gasteiger partial charge in [0.2, 0.25) is 0 Å². The molecule has 0 aliphatic carbocycles. The highest BCUT2D eigenvalue weighted by Crippen LogP contribution is 2.19. The third kappa shape index (κ3) is 5.95. The van der Waals surface area contributed by atoms with Gasteiger partial charge in [0.05, 0.1) is 6.61 Å². The number of likely N-dealkylation sites (N-methyl/N-ethyl adjacent to an activating group) is 1. The van der Waals surface area contributed by atoms with Crippen molar-refractivity contribution in [3.63, 3.8) is 0 Å². The minimum atomic E-state index is -0.542. The number of nitrogens with one attached hydrogen (secondary N) is 1. The predicted octanol–water partition coefficient (Wildman–Crippen LogP) is 2.96. The molecule has 2 atom stereocenters. The molecule has 1 N–H and O–H groups in total. The van der Waals surface area contributed by atoms with E-state index in [0.717, 1.165) is 25.9 Å². The van der Waals surface area contributed by atoms with E-state index in [0.29, 0.717) is 12.6 Å². The van der Waals surface area contributed by atoms with Gasteiger partial charge in [-0.2, -0.15) is 0 Å². The lowest BCUT2D eigenvalue weighted by molar-refractivity contribution is -0.150. The Labute approximate surface area is 130 Å². The summed E-state index contributed by atoms with van der Waals surface area (Å²) in [6.07, 6.45) is 7.21. The molecule has 1 heterocycles. The SMILES string of the molecule is CCNC(C)(CCCN1CCCCCC1C)C(=O)OCC. The summed E-state index contributed by atoms with van der Waals surface area (Å²) in [5.74, 6) is -0.115. The molecule has 0 saturated carbocycles. The van der Waals surface area contributed by atoms with Crippen LogP contribution in [0.5, 0.6) is 0 Å². The fourth-order valence-corrected chi connectivity index (χ4v) is 3.25. The van der Waals surface area contributed by atoms with Crippen molar-refractivity contribution in [1.82, 2.24) is 10.2 Å². The first-order valence-corrected chi connectivity index (χ1v) is 8.69. The van der Waals surface area contributed by atoms with E-state index >= 15 is 0 Å². The molecule has 0 aromatic heterocycles. The maximum Gasteiger partial charge on any atom is 0.326 e. The van der Waals surface area contributed by atoms with E-state index in [1.807, 2.05) is 20.8 Å². The van der Waals surface area contributed by atoms with Crippen molar-refractivity contribution >= 4 is 5.97 Å². The lowest BCUT2D eigenvalue weighted by Gasteiger charge is -2.31. The fourth-order valence-electron chi connectivity index (χ4n) is 3.25. The van der Waals surface area contributed by atoms with Crippen molar-refractivity contribution in [3.05, 3.63) is 0 Å². The average Bonchev–Trinajstić information content (AvgIpc) is 2.64. The van der Waals surface area contributed by atoms with Gasteiger partial charge in [0.1, 0.15) is 5.54 Å². The molecule has 2 unspecified atom stereocenters. The summed E-state index contributed by atoms with van der Waals surface area (Å²) in [5.41, 5.74) is -0.542. The molecular formula is C17H34N2O2. The Morgan fingerprint density at radius 2 is 2.10 bits per heavy atom. The van der Waals surface area contributed by atoms with Crippen molar-refractivity contribution in [2.24, 2.45) is 0 Å². The monoisotopic (exact) mass is 298 g/mol. The van der Waals surface area contributed by atoms with Crippen molar-refractivity contribution in [2.75, 3.05) is 26.2 Å². The first kappa shape index (κ1) is 18.4. The third-order valence-corrected chi connectivity index (χ3v) is 4.61. The maximum atomic E-state index is 12.2. The van der Waals surface area contributed by atoms with Gasteiger partial charge in [0.25, 0.3) is 0 Å². The Morgan fingerprint density at radius 1 is 1.33 bits per heavy atom. The highest BCUT2D eigenvalue weighted by atomic mass is 16.5. The molecule has 4 heteroatoms. The van der Waals surface area contributed by atoms with Crippen molar-refractivity contribution in [3.8, 4) is 0 Å². The Balaban J connectivity index is 2.47. The smallest absolute Gasteiger partial charge is 0.326 e. The number of hydrogen-bond acceptors (Lipinski definition) is 4. The van der Waals surface area contributed by atoms with Crippen LogP contribution in [0.3, 0.4) is 0 Å². The molecule has 0 bridgehead atoms. The van der Waals surface area contributed by atoms with Crippen LogP contribution in [-0.2, 0) is 9.53 Å². The van der Waals surface area contributed by atoms with Gasteiger partial charge < -0.3 is 15.0 Å². The molecule has 1 saturated heterocycles. The molecule has 0 spiro atoms. The van der Waals surface area contributed by atoms with Crippen LogP contribution >= 0.6 is 0 Å². The number of rotatable bonds is 8.